The average Bonchev–Trinajstić information content (AvgIpc) is 2.04. The fourth-order valence-corrected chi connectivity index (χ4v) is 0. The normalized spacial score (nSPS) is 6.53. The fourth-order valence-electron chi connectivity index (χ4n) is 0. The van der Waals surface area contributed by atoms with E-state index < -0.39 is 0 Å². The van der Waals surface area contributed by atoms with Gasteiger partial charge in [-0.15, -0.1) is 0 Å². The van der Waals surface area contributed by atoms with E-state index in [1.54, 1.807) is 13.2 Å². The van der Waals surface area contributed by atoms with Crippen LogP contribution in [0.3, 0.4) is 0 Å². The van der Waals surface area contributed by atoms with Gasteiger partial charge in [-0.1, -0.05) is 19.2 Å². The van der Waals surface area contributed by atoms with Gasteiger partial charge in [-0.2, -0.15) is 0 Å². The van der Waals surface area contributed by atoms with Crippen molar-refractivity contribution in [2.75, 3.05) is 13.4 Å². The number of carbonyl (C=O) groups excluding carboxylic acids is 3. The average molecular weight is 238 g/mol. The first-order chi connectivity index (χ1) is 6.27. The number of hydrogen-bond donors (Lipinski definition) is 0. The van der Waals surface area contributed by atoms with Crippen LogP contribution in [0.2, 0.25) is 0 Å². The maximum atomic E-state index is 9.78. The van der Waals surface area contributed by atoms with E-state index in [1.807, 2.05) is 0 Å². The minimum atomic E-state index is -0.245. The minimum Gasteiger partial charge on any atom is -0.469 e. The Labute approximate surface area is 96.8 Å². The van der Waals surface area contributed by atoms with E-state index in [-0.39, 0.29) is 24.3 Å². The first-order valence-corrected chi connectivity index (χ1v) is 5.06. The number of hydrogen-bond acceptors (Lipinski definition) is 5. The van der Waals surface area contributed by atoms with E-state index in [9.17, 15) is 14.4 Å². The monoisotopic (exact) mass is 238 g/mol. The standard InChI is InChI=1S/C3H6O2.C3H6OS.C3H6O.CH4/c2*1-3(4)5-2;1-3(2)4;/h2*1-2H3;1-2H3;1H4. The van der Waals surface area contributed by atoms with Crippen LogP contribution < -0.4 is 0 Å². The second kappa shape index (κ2) is 18.9. The number of ketones is 1. The van der Waals surface area contributed by atoms with Gasteiger partial charge in [0.05, 0.1) is 7.11 Å². The summed E-state index contributed by atoms with van der Waals surface area (Å²) in [4.78, 5) is 28.8. The van der Waals surface area contributed by atoms with Gasteiger partial charge < -0.3 is 9.53 Å². The zero-order valence-corrected chi connectivity index (χ0v) is 10.4. The molecule has 0 saturated heterocycles. The number of esters is 1. The van der Waals surface area contributed by atoms with Crippen molar-refractivity contribution < 1.29 is 19.1 Å². The van der Waals surface area contributed by atoms with Gasteiger partial charge in [0, 0.05) is 13.8 Å². The summed E-state index contributed by atoms with van der Waals surface area (Å²) >= 11 is 1.24. The third kappa shape index (κ3) is 164. The second-order valence-corrected chi connectivity index (χ2v) is 3.28. The maximum absolute atomic E-state index is 9.78. The maximum Gasteiger partial charge on any atom is 0.302 e. The smallest absolute Gasteiger partial charge is 0.302 e. The van der Waals surface area contributed by atoms with E-state index >= 15 is 0 Å². The van der Waals surface area contributed by atoms with Crippen LogP contribution >= 0.6 is 11.8 Å². The van der Waals surface area contributed by atoms with Crippen LogP contribution in [0.15, 0.2) is 0 Å². The van der Waals surface area contributed by atoms with Crippen molar-refractivity contribution in [2.24, 2.45) is 0 Å². The lowest BCUT2D eigenvalue weighted by Crippen LogP contribution is -1.88. The molecule has 92 valence electrons. The van der Waals surface area contributed by atoms with Gasteiger partial charge in [0.25, 0.3) is 0 Å². The molecule has 0 aliphatic heterocycles. The van der Waals surface area contributed by atoms with Crippen LogP contribution in [-0.2, 0) is 19.1 Å². The van der Waals surface area contributed by atoms with Crippen molar-refractivity contribution in [3.8, 4) is 0 Å². The molecule has 5 heteroatoms. The van der Waals surface area contributed by atoms with Crippen molar-refractivity contribution in [3.63, 3.8) is 0 Å². The summed E-state index contributed by atoms with van der Waals surface area (Å²) in [6, 6.07) is 0. The van der Waals surface area contributed by atoms with Crippen LogP contribution in [0.25, 0.3) is 0 Å². The van der Waals surface area contributed by atoms with Gasteiger partial charge in [0.15, 0.2) is 5.12 Å². The van der Waals surface area contributed by atoms with Crippen molar-refractivity contribution in [2.45, 2.75) is 35.1 Å². The van der Waals surface area contributed by atoms with Gasteiger partial charge in [-0.05, 0) is 20.1 Å². The molecule has 0 rings (SSSR count). The molecular weight excluding hydrogens is 216 g/mol. The molecule has 4 nitrogen and oxygen atoms in total. The number of Topliss-reactive ketones (excluding diaryl/α,β-unsaturated/α-hetero) is 1. The number of ether oxygens (including phenoxy) is 1. The summed E-state index contributed by atoms with van der Waals surface area (Å²) in [5.74, 6) is -0.0787. The molecule has 0 N–H and O–H groups in total. The van der Waals surface area contributed by atoms with Gasteiger partial charge >= 0.3 is 5.97 Å². The Hall–Kier alpha value is -0.840. The van der Waals surface area contributed by atoms with Crippen molar-refractivity contribution >= 4 is 28.6 Å². The Bertz CT molecular complexity index is 160. The summed E-state index contributed by atoms with van der Waals surface area (Å²) in [6.45, 7) is 5.96. The third-order valence-corrected chi connectivity index (χ3v) is 1.15. The van der Waals surface area contributed by atoms with Crippen molar-refractivity contribution in [3.05, 3.63) is 0 Å². The Morgan fingerprint density at radius 3 is 1.13 bits per heavy atom. The van der Waals surface area contributed by atoms with Crippen LogP contribution in [-0.4, -0.2) is 30.2 Å². The molecule has 0 unspecified atom stereocenters. The van der Waals surface area contributed by atoms with Gasteiger partial charge in [0.2, 0.25) is 0 Å². The third-order valence-electron chi connectivity index (χ3n) is 0.575. The van der Waals surface area contributed by atoms with Crippen molar-refractivity contribution in [1.29, 1.82) is 0 Å². The van der Waals surface area contributed by atoms with E-state index in [0.29, 0.717) is 0 Å². The second-order valence-electron chi connectivity index (χ2n) is 2.30. The highest BCUT2D eigenvalue weighted by molar-refractivity contribution is 8.12. The highest BCUT2D eigenvalue weighted by atomic mass is 32.2. The quantitative estimate of drug-likeness (QED) is 0.606. The Morgan fingerprint density at radius 1 is 1.00 bits per heavy atom. The fraction of sp³-hybridized carbons (Fsp3) is 0.700. The molecule has 0 heterocycles. The number of carbonyl (C=O) groups is 3. The summed E-state index contributed by atoms with van der Waals surface area (Å²) in [6.07, 6.45) is 1.77. The zero-order chi connectivity index (χ0) is 12.1. The molecule has 0 bridgehead atoms. The van der Waals surface area contributed by atoms with Crippen LogP contribution in [0.1, 0.15) is 35.1 Å². The number of thioether (sulfide) groups is 1. The Morgan fingerprint density at radius 2 is 1.13 bits per heavy atom. The SMILES string of the molecule is C.CC(C)=O.COC(C)=O.CSC(C)=O. The Kier molecular flexibility index (Phi) is 29.9. The van der Waals surface area contributed by atoms with Crippen LogP contribution in [0.4, 0.5) is 0 Å². The lowest BCUT2D eigenvalue weighted by Gasteiger charge is -1.80. The summed E-state index contributed by atoms with van der Waals surface area (Å²) < 4.78 is 4.11. The molecule has 0 aromatic heterocycles. The molecular formula is C10H22O4S. The lowest BCUT2D eigenvalue weighted by molar-refractivity contribution is -0.138. The minimum absolute atomic E-state index is 0. The first-order valence-electron chi connectivity index (χ1n) is 3.84. The zero-order valence-electron chi connectivity index (χ0n) is 9.54. The van der Waals surface area contributed by atoms with Gasteiger partial charge in [-0.3, -0.25) is 9.59 Å². The highest BCUT2D eigenvalue weighted by Crippen LogP contribution is 1.88. The van der Waals surface area contributed by atoms with Crippen LogP contribution in [0.5, 0.6) is 0 Å². The molecule has 0 radical (unpaired) electrons. The molecule has 0 aliphatic rings. The topological polar surface area (TPSA) is 60.4 Å². The molecule has 0 saturated carbocycles. The summed E-state index contributed by atoms with van der Waals surface area (Å²) in [5.41, 5.74) is 0. The predicted molar refractivity (Wildman–Crippen MR) is 65.0 cm³/mol. The van der Waals surface area contributed by atoms with E-state index in [2.05, 4.69) is 4.74 Å². The molecule has 0 atom stereocenters. The van der Waals surface area contributed by atoms with Crippen molar-refractivity contribution in [1.82, 2.24) is 0 Å². The number of methoxy groups -OCH3 is 1. The lowest BCUT2D eigenvalue weighted by atomic mass is 10.6. The molecule has 0 spiro atoms. The first kappa shape index (κ1) is 23.8. The van der Waals surface area contributed by atoms with E-state index in [4.69, 9.17) is 0 Å². The van der Waals surface area contributed by atoms with Gasteiger partial charge in [0.1, 0.15) is 5.78 Å². The van der Waals surface area contributed by atoms with Crippen LogP contribution in [0, 0.1) is 0 Å². The number of rotatable bonds is 0. The molecule has 0 aromatic rings. The summed E-state index contributed by atoms with van der Waals surface area (Å²) in [5, 5.41) is 0.171. The van der Waals surface area contributed by atoms with E-state index in [1.165, 1.54) is 39.6 Å². The predicted octanol–water partition coefficient (Wildman–Crippen LogP) is 2.31. The summed E-state index contributed by atoms with van der Waals surface area (Å²) in [7, 11) is 1.35. The molecule has 0 amide bonds. The molecule has 0 fully saturated rings. The highest BCUT2D eigenvalue weighted by Gasteiger charge is 1.77. The Balaban J connectivity index is -0.0000000590. The van der Waals surface area contributed by atoms with Gasteiger partial charge in [-0.25, -0.2) is 0 Å². The molecule has 15 heavy (non-hydrogen) atoms. The molecule has 0 aliphatic carbocycles. The largest absolute Gasteiger partial charge is 0.469 e. The van der Waals surface area contributed by atoms with E-state index in [0.717, 1.165) is 0 Å². The molecule has 0 aromatic carbocycles.